The van der Waals surface area contributed by atoms with E-state index in [1.807, 2.05) is 0 Å². The van der Waals surface area contributed by atoms with Crippen LogP contribution in [0.15, 0.2) is 71.9 Å². The van der Waals surface area contributed by atoms with Gasteiger partial charge >= 0.3 is 0 Å². The SMILES string of the molecule is CNS(=O)(=O)c1nn(C)c2c(-c3ccc(C#CC(C)(C)O)nc3[C@H](Cc3cc(F)cc(F)c3)n3cc(CC(N)=O)c4cc(F)ccc43)ccc(Cl)c12. The molecule has 52 heavy (non-hydrogen) atoms. The van der Waals surface area contributed by atoms with Crippen LogP contribution < -0.4 is 10.5 Å². The maximum absolute atomic E-state index is 14.7. The van der Waals surface area contributed by atoms with E-state index in [0.717, 1.165) is 6.07 Å². The van der Waals surface area contributed by atoms with Crippen molar-refractivity contribution in [1.29, 1.82) is 0 Å². The number of nitrogens with two attached hydrogens (primary N) is 1. The molecule has 0 saturated heterocycles. The molecule has 15 heteroatoms. The zero-order valence-electron chi connectivity index (χ0n) is 28.3. The first-order valence-corrected chi connectivity index (χ1v) is 17.7. The number of aliphatic hydroxyl groups is 1. The number of carbonyl (C=O) groups is 1. The van der Waals surface area contributed by atoms with E-state index in [1.165, 1.54) is 62.0 Å². The molecule has 0 aliphatic rings. The second-order valence-electron chi connectivity index (χ2n) is 12.8. The Labute approximate surface area is 302 Å². The van der Waals surface area contributed by atoms with Crippen LogP contribution in [0.1, 0.15) is 42.4 Å². The van der Waals surface area contributed by atoms with Gasteiger partial charge in [-0.15, -0.1) is 0 Å². The minimum atomic E-state index is -4.07. The molecule has 0 saturated carbocycles. The number of nitrogens with one attached hydrogen (secondary N) is 1. The van der Waals surface area contributed by atoms with Crippen LogP contribution >= 0.6 is 11.6 Å². The molecule has 268 valence electrons. The number of halogens is 4. The molecule has 3 aromatic carbocycles. The van der Waals surface area contributed by atoms with Gasteiger partial charge in [-0.2, -0.15) is 5.10 Å². The second kappa shape index (κ2) is 13.7. The van der Waals surface area contributed by atoms with E-state index in [1.54, 1.807) is 36.0 Å². The molecule has 3 aromatic heterocycles. The number of nitrogens with zero attached hydrogens (tertiary/aromatic N) is 4. The normalized spacial score (nSPS) is 12.6. The van der Waals surface area contributed by atoms with Gasteiger partial charge in [-0.3, -0.25) is 9.48 Å². The number of rotatable bonds is 9. The summed E-state index contributed by atoms with van der Waals surface area (Å²) in [5.74, 6) is 2.77. The van der Waals surface area contributed by atoms with Crippen molar-refractivity contribution in [3.05, 3.63) is 112 Å². The third-order valence-corrected chi connectivity index (χ3v) is 10.0. The average molecular weight is 749 g/mol. The number of hydrogen-bond donors (Lipinski definition) is 3. The number of benzene rings is 3. The summed E-state index contributed by atoms with van der Waals surface area (Å²) in [4.78, 5) is 17.1. The van der Waals surface area contributed by atoms with Crippen LogP contribution in [0.3, 0.4) is 0 Å². The predicted octanol–water partition coefficient (Wildman–Crippen LogP) is 5.55. The Balaban J connectivity index is 1.73. The van der Waals surface area contributed by atoms with Gasteiger partial charge in [0.2, 0.25) is 10.9 Å². The molecule has 4 N–H and O–H groups in total. The van der Waals surface area contributed by atoms with Gasteiger partial charge in [0.1, 0.15) is 28.7 Å². The summed E-state index contributed by atoms with van der Waals surface area (Å²) in [6.45, 7) is 3.01. The molecule has 0 bridgehead atoms. The number of hydrogen-bond acceptors (Lipinski definition) is 6. The molecule has 0 fully saturated rings. The van der Waals surface area contributed by atoms with Crippen molar-refractivity contribution < 1.29 is 31.5 Å². The standard InChI is InChI=1S/C37H32ClF3N6O4S/c1-37(2,49)12-11-25-6-7-26(27-8-9-29(38)33-35(27)46(4)45-36(33)52(50,51)43-3)34(44-25)31(15-20-13-23(40)17-24(41)14-20)47-19-21(16-32(42)48)28-18-22(39)5-10-30(28)47/h5-10,13-14,17-19,31,43,49H,15-16H2,1-4H3,(H2,42,48)/t31-/m0/s1. The lowest BCUT2D eigenvalue weighted by atomic mass is 9.93. The Morgan fingerprint density at radius 2 is 1.73 bits per heavy atom. The van der Waals surface area contributed by atoms with E-state index >= 15 is 0 Å². The lowest BCUT2D eigenvalue weighted by Gasteiger charge is -2.24. The fourth-order valence-electron chi connectivity index (χ4n) is 6.25. The van der Waals surface area contributed by atoms with E-state index in [4.69, 9.17) is 22.3 Å². The highest BCUT2D eigenvalue weighted by atomic mass is 35.5. The molecule has 0 spiro atoms. The van der Waals surface area contributed by atoms with Gasteiger partial charge in [-0.05, 0) is 92.9 Å². The van der Waals surface area contributed by atoms with Crippen LogP contribution in [0.25, 0.3) is 32.9 Å². The van der Waals surface area contributed by atoms with Crippen molar-refractivity contribution >= 4 is 49.3 Å². The Bertz CT molecular complexity index is 2570. The van der Waals surface area contributed by atoms with Gasteiger partial charge in [0, 0.05) is 41.3 Å². The largest absolute Gasteiger partial charge is 0.378 e. The summed E-state index contributed by atoms with van der Waals surface area (Å²) in [6, 6.07) is 12.7. The number of aromatic nitrogens is 4. The number of pyridine rings is 1. The molecule has 3 heterocycles. The molecule has 10 nitrogen and oxygen atoms in total. The van der Waals surface area contributed by atoms with E-state index in [0.29, 0.717) is 38.8 Å². The van der Waals surface area contributed by atoms with Gasteiger partial charge in [0.15, 0.2) is 0 Å². The topological polar surface area (TPSA) is 145 Å². The first-order valence-electron chi connectivity index (χ1n) is 15.8. The van der Waals surface area contributed by atoms with Gasteiger partial charge in [0.25, 0.3) is 10.0 Å². The van der Waals surface area contributed by atoms with Crippen LogP contribution in [-0.2, 0) is 34.7 Å². The van der Waals surface area contributed by atoms with Crippen LogP contribution in [0, 0.1) is 29.3 Å². The van der Waals surface area contributed by atoms with Crippen molar-refractivity contribution in [3.63, 3.8) is 0 Å². The lowest BCUT2D eigenvalue weighted by molar-refractivity contribution is -0.117. The van der Waals surface area contributed by atoms with E-state index < -0.39 is 45.0 Å². The highest BCUT2D eigenvalue weighted by Gasteiger charge is 2.29. The molecular formula is C37H32ClF3N6O4S. The maximum Gasteiger partial charge on any atom is 0.260 e. The maximum atomic E-state index is 14.7. The zero-order valence-corrected chi connectivity index (χ0v) is 29.9. The quantitative estimate of drug-likeness (QED) is 0.166. The molecule has 6 rings (SSSR count). The minimum Gasteiger partial charge on any atom is -0.378 e. The van der Waals surface area contributed by atoms with Crippen molar-refractivity contribution in [2.45, 2.75) is 43.4 Å². The number of primary amides is 1. The molecule has 1 atom stereocenters. The molecule has 6 aromatic rings. The average Bonchev–Trinajstić information content (AvgIpc) is 3.60. The summed E-state index contributed by atoms with van der Waals surface area (Å²) < 4.78 is 75.5. The van der Waals surface area contributed by atoms with E-state index in [2.05, 4.69) is 21.7 Å². The Morgan fingerprint density at radius 3 is 2.38 bits per heavy atom. The van der Waals surface area contributed by atoms with Gasteiger partial charge < -0.3 is 15.4 Å². The molecule has 0 unspecified atom stereocenters. The van der Waals surface area contributed by atoms with E-state index in [9.17, 15) is 31.5 Å². The van der Waals surface area contributed by atoms with Crippen molar-refractivity contribution in [2.75, 3.05) is 7.05 Å². The van der Waals surface area contributed by atoms with Gasteiger partial charge in [-0.25, -0.2) is 31.3 Å². The zero-order chi connectivity index (χ0) is 37.7. The Morgan fingerprint density at radius 1 is 1.04 bits per heavy atom. The fourth-order valence-corrected chi connectivity index (χ4v) is 7.45. The number of amides is 1. The molecule has 0 aliphatic carbocycles. The smallest absolute Gasteiger partial charge is 0.260 e. The third-order valence-electron chi connectivity index (χ3n) is 8.39. The lowest BCUT2D eigenvalue weighted by Crippen LogP contribution is -2.19. The monoisotopic (exact) mass is 748 g/mol. The summed E-state index contributed by atoms with van der Waals surface area (Å²) >= 11 is 6.62. The number of sulfonamides is 1. The van der Waals surface area contributed by atoms with Crippen LogP contribution in [0.5, 0.6) is 0 Å². The van der Waals surface area contributed by atoms with Crippen molar-refractivity contribution in [2.24, 2.45) is 12.8 Å². The second-order valence-corrected chi connectivity index (χ2v) is 15.0. The molecular weight excluding hydrogens is 717 g/mol. The highest BCUT2D eigenvalue weighted by molar-refractivity contribution is 7.89. The molecule has 0 radical (unpaired) electrons. The highest BCUT2D eigenvalue weighted by Crippen LogP contribution is 2.41. The van der Waals surface area contributed by atoms with Crippen molar-refractivity contribution in [1.82, 2.24) is 24.1 Å². The number of fused-ring (bicyclic) bond motifs is 2. The third kappa shape index (κ3) is 7.26. The summed E-state index contributed by atoms with van der Waals surface area (Å²) in [7, 11) is -1.26. The van der Waals surface area contributed by atoms with Crippen LogP contribution in [0.2, 0.25) is 5.02 Å². The molecule has 1 amide bonds. The summed E-state index contributed by atoms with van der Waals surface area (Å²) in [5.41, 5.74) is 7.05. The Hall–Kier alpha value is -5.20. The predicted molar refractivity (Wildman–Crippen MR) is 191 cm³/mol. The first-order chi connectivity index (χ1) is 24.5. The number of carbonyl (C=O) groups excluding carboxylic acids is 1. The minimum absolute atomic E-state index is 0.0737. The summed E-state index contributed by atoms with van der Waals surface area (Å²) in [6.07, 6.45) is 1.31. The molecule has 0 aliphatic heterocycles. The van der Waals surface area contributed by atoms with Gasteiger partial charge in [-0.1, -0.05) is 23.6 Å². The van der Waals surface area contributed by atoms with Crippen molar-refractivity contribution in [3.8, 4) is 23.0 Å². The Kier molecular flexibility index (Phi) is 9.67. The first kappa shape index (κ1) is 36.6. The van der Waals surface area contributed by atoms with Crippen LogP contribution in [0.4, 0.5) is 13.2 Å². The van der Waals surface area contributed by atoms with Gasteiger partial charge in [0.05, 0.1) is 34.1 Å². The van der Waals surface area contributed by atoms with E-state index in [-0.39, 0.29) is 39.5 Å². The fraction of sp³-hybridized carbons (Fsp3) is 0.216. The summed E-state index contributed by atoms with van der Waals surface area (Å²) in [5, 5.41) is 15.0. The number of aryl methyl sites for hydroxylation is 1. The van der Waals surface area contributed by atoms with Crippen LogP contribution in [-0.4, -0.2) is 51.4 Å².